The minimum Gasteiger partial charge on any atom is -0.460 e. The van der Waals surface area contributed by atoms with E-state index in [1.54, 1.807) is 12.1 Å². The van der Waals surface area contributed by atoms with Crippen LogP contribution in [0.2, 0.25) is 0 Å². The minimum atomic E-state index is -0.506. The van der Waals surface area contributed by atoms with Crippen LogP contribution in [0.3, 0.4) is 0 Å². The van der Waals surface area contributed by atoms with Crippen molar-refractivity contribution in [2.45, 2.75) is 13.2 Å². The van der Waals surface area contributed by atoms with Crippen molar-refractivity contribution in [1.29, 1.82) is 0 Å². The smallest absolute Gasteiger partial charge is 0.325 e. The molecule has 0 fully saturated rings. The number of nitrogens with one attached hydrogen (secondary N) is 1. The molecule has 0 aliphatic heterocycles. The molecule has 1 amide bonds. The molecule has 7 nitrogen and oxygen atoms in total. The molecule has 0 aliphatic rings. The Morgan fingerprint density at radius 1 is 1.22 bits per heavy atom. The van der Waals surface area contributed by atoms with Gasteiger partial charge in [0, 0.05) is 9.79 Å². The van der Waals surface area contributed by atoms with E-state index in [9.17, 15) is 9.59 Å². The van der Waals surface area contributed by atoms with E-state index in [4.69, 9.17) is 10.3 Å². The van der Waals surface area contributed by atoms with Gasteiger partial charge in [-0.25, -0.2) is 0 Å². The van der Waals surface area contributed by atoms with Crippen LogP contribution in [0.5, 0.6) is 0 Å². The van der Waals surface area contributed by atoms with Crippen molar-refractivity contribution in [3.63, 3.8) is 0 Å². The van der Waals surface area contributed by atoms with E-state index in [1.807, 2.05) is 30.3 Å². The number of esters is 1. The highest BCUT2D eigenvalue weighted by molar-refractivity contribution is 7.14. The fraction of sp³-hybridized carbons (Fsp3) is 0.200. The van der Waals surface area contributed by atoms with Gasteiger partial charge in [-0.1, -0.05) is 35.4 Å². The second-order valence-electron chi connectivity index (χ2n) is 4.48. The monoisotopic (exact) mass is 330 g/mol. The Morgan fingerprint density at radius 2 is 2.00 bits per heavy atom. The molecule has 0 unspecified atom stereocenters. The summed E-state index contributed by atoms with van der Waals surface area (Å²) in [6.45, 7) is 0.174. The van der Waals surface area contributed by atoms with Crippen molar-refractivity contribution in [3.05, 3.63) is 68.2 Å². The average Bonchev–Trinajstić information content (AvgIpc) is 3.06. The Kier molecular flexibility index (Phi) is 6.17. The lowest BCUT2D eigenvalue weighted by Crippen LogP contribution is -2.30. The number of hydrogen-bond donors (Lipinski definition) is 1. The van der Waals surface area contributed by atoms with Crippen molar-refractivity contribution in [1.82, 2.24) is 5.32 Å². The van der Waals surface area contributed by atoms with Crippen LogP contribution < -0.4 is 5.32 Å². The lowest BCUT2D eigenvalue weighted by molar-refractivity contribution is -0.143. The highest BCUT2D eigenvalue weighted by atomic mass is 32.1. The maximum absolute atomic E-state index is 11.9. The van der Waals surface area contributed by atoms with Gasteiger partial charge in [0.05, 0.1) is 11.4 Å². The molecule has 1 aromatic heterocycles. The number of ether oxygens (including phenoxy) is 1. The van der Waals surface area contributed by atoms with Gasteiger partial charge in [0.1, 0.15) is 13.2 Å². The third-order valence-corrected chi connectivity index (χ3v) is 3.88. The first-order valence-corrected chi connectivity index (χ1v) is 7.58. The van der Waals surface area contributed by atoms with Crippen molar-refractivity contribution in [3.8, 4) is 0 Å². The van der Waals surface area contributed by atoms with Crippen LogP contribution in [0.25, 0.3) is 10.4 Å². The summed E-state index contributed by atoms with van der Waals surface area (Å²) in [4.78, 5) is 27.4. The molecule has 23 heavy (non-hydrogen) atoms. The number of azide groups is 1. The molecule has 0 spiro atoms. The number of nitrogens with zero attached hydrogens (tertiary/aromatic N) is 3. The zero-order valence-corrected chi connectivity index (χ0v) is 13.0. The molecule has 1 aromatic carbocycles. The van der Waals surface area contributed by atoms with Crippen LogP contribution in [0.15, 0.2) is 47.6 Å². The first kappa shape index (κ1) is 16.5. The molecule has 8 heteroatoms. The van der Waals surface area contributed by atoms with Crippen molar-refractivity contribution >= 4 is 23.2 Å². The van der Waals surface area contributed by atoms with E-state index in [1.165, 1.54) is 11.3 Å². The van der Waals surface area contributed by atoms with Crippen LogP contribution in [0, 0.1) is 0 Å². The summed E-state index contributed by atoms with van der Waals surface area (Å²) < 4.78 is 5.07. The fourth-order valence-electron chi connectivity index (χ4n) is 1.71. The van der Waals surface area contributed by atoms with Gasteiger partial charge < -0.3 is 10.1 Å². The van der Waals surface area contributed by atoms with Crippen molar-refractivity contribution in [2.75, 3.05) is 6.54 Å². The highest BCUT2D eigenvalue weighted by Crippen LogP contribution is 2.17. The zero-order valence-electron chi connectivity index (χ0n) is 12.1. The van der Waals surface area contributed by atoms with Crippen molar-refractivity contribution in [2.24, 2.45) is 5.11 Å². The second kappa shape index (κ2) is 8.57. The number of carbonyl (C=O) groups excluding carboxylic acids is 2. The molecule has 0 radical (unpaired) electrons. The fourth-order valence-corrected chi connectivity index (χ4v) is 2.56. The van der Waals surface area contributed by atoms with E-state index in [0.717, 1.165) is 10.4 Å². The summed E-state index contributed by atoms with van der Waals surface area (Å²) in [5, 5.41) is 5.93. The van der Waals surface area contributed by atoms with E-state index in [2.05, 4.69) is 15.3 Å². The standard InChI is InChI=1S/C15H14N4O3S/c16-19-18-8-12-6-7-13(23-12)15(21)17-9-14(20)22-10-11-4-2-1-3-5-11/h1-7H,8-10H2,(H,17,21). The van der Waals surface area contributed by atoms with E-state index in [-0.39, 0.29) is 25.6 Å². The number of carbonyl (C=O) groups is 2. The highest BCUT2D eigenvalue weighted by Gasteiger charge is 2.11. The maximum Gasteiger partial charge on any atom is 0.325 e. The molecule has 0 saturated carbocycles. The molecular weight excluding hydrogens is 316 g/mol. The molecule has 1 N–H and O–H groups in total. The van der Waals surface area contributed by atoms with Crippen LogP contribution in [-0.4, -0.2) is 18.4 Å². The van der Waals surface area contributed by atoms with Crippen molar-refractivity contribution < 1.29 is 14.3 Å². The number of amides is 1. The van der Waals surface area contributed by atoms with Gasteiger partial charge in [0.15, 0.2) is 0 Å². The summed E-state index contributed by atoms with van der Waals surface area (Å²) >= 11 is 1.21. The quantitative estimate of drug-likeness (QED) is 0.365. The second-order valence-corrected chi connectivity index (χ2v) is 5.65. The van der Waals surface area contributed by atoms with Gasteiger partial charge in [-0.2, -0.15) is 0 Å². The van der Waals surface area contributed by atoms with Gasteiger partial charge in [-0.15, -0.1) is 11.3 Å². The molecule has 1 heterocycles. The predicted molar refractivity (Wildman–Crippen MR) is 85.7 cm³/mol. The SMILES string of the molecule is [N-]=[N+]=NCc1ccc(C(=O)NCC(=O)OCc2ccccc2)s1. The van der Waals surface area contributed by atoms with Crippen LogP contribution in [-0.2, 0) is 22.7 Å². The van der Waals surface area contributed by atoms with Gasteiger partial charge in [0.2, 0.25) is 0 Å². The Bertz CT molecular complexity index is 723. The lowest BCUT2D eigenvalue weighted by Gasteiger charge is -2.05. The average molecular weight is 330 g/mol. The summed E-state index contributed by atoms with van der Waals surface area (Å²) in [5.74, 6) is -0.869. The summed E-state index contributed by atoms with van der Waals surface area (Å²) in [6.07, 6.45) is 0. The van der Waals surface area contributed by atoms with Gasteiger partial charge in [0.25, 0.3) is 5.91 Å². The van der Waals surface area contributed by atoms with Crippen LogP contribution >= 0.6 is 11.3 Å². The number of benzene rings is 1. The van der Waals surface area contributed by atoms with Crippen LogP contribution in [0.1, 0.15) is 20.1 Å². The van der Waals surface area contributed by atoms with E-state index >= 15 is 0 Å². The third kappa shape index (κ3) is 5.46. The topological polar surface area (TPSA) is 104 Å². The third-order valence-electron chi connectivity index (χ3n) is 2.81. The number of thiophene rings is 1. The Morgan fingerprint density at radius 3 is 2.74 bits per heavy atom. The molecule has 0 bridgehead atoms. The molecule has 0 saturated heterocycles. The zero-order chi connectivity index (χ0) is 16.5. The molecular formula is C15H14N4O3S. The van der Waals surface area contributed by atoms with Gasteiger partial charge in [-0.05, 0) is 23.2 Å². The first-order chi connectivity index (χ1) is 11.2. The Hall–Kier alpha value is -2.83. The van der Waals surface area contributed by atoms with Gasteiger partial charge >= 0.3 is 5.97 Å². The summed E-state index contributed by atoms with van der Waals surface area (Å²) in [5.41, 5.74) is 9.14. The van der Waals surface area contributed by atoms with Crippen LogP contribution in [0.4, 0.5) is 0 Å². The lowest BCUT2D eigenvalue weighted by atomic mass is 10.2. The first-order valence-electron chi connectivity index (χ1n) is 6.76. The van der Waals surface area contributed by atoms with E-state index in [0.29, 0.717) is 4.88 Å². The maximum atomic E-state index is 11.9. The minimum absolute atomic E-state index is 0.171. The largest absolute Gasteiger partial charge is 0.460 e. The number of hydrogen-bond acceptors (Lipinski definition) is 5. The Balaban J connectivity index is 1.76. The molecule has 0 aliphatic carbocycles. The summed E-state index contributed by atoms with van der Waals surface area (Å²) in [7, 11) is 0. The number of rotatable bonds is 7. The molecule has 2 rings (SSSR count). The summed E-state index contributed by atoms with van der Waals surface area (Å²) in [6, 6.07) is 12.6. The van der Waals surface area contributed by atoms with E-state index < -0.39 is 5.97 Å². The Labute approximate surface area is 136 Å². The predicted octanol–water partition coefficient (Wildman–Crippen LogP) is 3.03. The molecule has 118 valence electrons. The van der Waals surface area contributed by atoms with Gasteiger partial charge in [-0.3, -0.25) is 9.59 Å². The molecule has 2 aromatic rings. The normalized spacial score (nSPS) is 9.74. The molecule has 0 atom stereocenters.